The van der Waals surface area contributed by atoms with Crippen molar-refractivity contribution in [1.82, 2.24) is 19.7 Å². The number of carboxylic acid groups (broad SMARTS) is 1. The highest BCUT2D eigenvalue weighted by Crippen LogP contribution is 2.49. The lowest BCUT2D eigenvalue weighted by molar-refractivity contribution is -0.143. The van der Waals surface area contributed by atoms with E-state index in [1.807, 2.05) is 16.8 Å². The predicted octanol–water partition coefficient (Wildman–Crippen LogP) is 3.74. The molecule has 5 rings (SSSR count). The lowest BCUT2D eigenvalue weighted by Gasteiger charge is -2.28. The van der Waals surface area contributed by atoms with Crippen LogP contribution in [0.25, 0.3) is 21.8 Å². The van der Waals surface area contributed by atoms with Gasteiger partial charge in [0.15, 0.2) is 10.9 Å². The molecule has 0 aromatic carbocycles. The Morgan fingerprint density at radius 1 is 1.29 bits per heavy atom. The van der Waals surface area contributed by atoms with Gasteiger partial charge in [-0.3, -0.25) is 19.3 Å². The number of nitrogens with one attached hydrogen (secondary N) is 1. The summed E-state index contributed by atoms with van der Waals surface area (Å²) < 4.78 is 8.09. The maximum absolute atomic E-state index is 11.5. The number of carbonyl (C=O) groups excluding carboxylic acids is 1. The second kappa shape index (κ2) is 7.77. The summed E-state index contributed by atoms with van der Waals surface area (Å²) in [6, 6.07) is 3.86. The minimum Gasteiger partial charge on any atom is -0.483 e. The third kappa shape index (κ3) is 3.56. The monoisotopic (exact) mass is 439 g/mol. The van der Waals surface area contributed by atoms with Gasteiger partial charge in [-0.15, -0.1) is 0 Å². The Hall–Kier alpha value is -3.27. The zero-order valence-corrected chi connectivity index (χ0v) is 17.7. The summed E-state index contributed by atoms with van der Waals surface area (Å²) in [6.45, 7) is 1.75. The molecule has 3 aromatic rings. The number of nitrogens with zero attached hydrogens (tertiary/aromatic N) is 4. The first-order valence-electron chi connectivity index (χ1n) is 10.2. The van der Waals surface area contributed by atoms with E-state index in [1.54, 1.807) is 12.4 Å². The zero-order valence-electron chi connectivity index (χ0n) is 16.9. The van der Waals surface area contributed by atoms with E-state index in [0.29, 0.717) is 36.0 Å². The van der Waals surface area contributed by atoms with Gasteiger partial charge in [0.25, 0.3) is 0 Å². The van der Waals surface area contributed by atoms with Crippen LogP contribution in [0.3, 0.4) is 0 Å². The Labute approximate surface area is 182 Å². The van der Waals surface area contributed by atoms with E-state index < -0.39 is 5.97 Å². The van der Waals surface area contributed by atoms with Crippen LogP contribution in [-0.2, 0) is 16.2 Å². The predicted molar refractivity (Wildman–Crippen MR) is 114 cm³/mol. The summed E-state index contributed by atoms with van der Waals surface area (Å²) in [6.07, 6.45) is 6.15. The molecule has 31 heavy (non-hydrogen) atoms. The Bertz CT molecular complexity index is 1150. The van der Waals surface area contributed by atoms with Gasteiger partial charge in [0, 0.05) is 24.9 Å². The maximum Gasteiger partial charge on any atom is 0.306 e. The number of thiazole rings is 1. The topological polar surface area (TPSA) is 119 Å². The summed E-state index contributed by atoms with van der Waals surface area (Å²) in [7, 11) is 0. The van der Waals surface area contributed by atoms with Crippen molar-refractivity contribution in [2.24, 2.45) is 5.92 Å². The Balaban J connectivity index is 1.60. The number of anilines is 1. The van der Waals surface area contributed by atoms with Crippen LogP contribution in [0.5, 0.6) is 5.75 Å². The molecule has 0 atom stereocenters. The van der Waals surface area contributed by atoms with Crippen LogP contribution in [0.4, 0.5) is 5.13 Å². The van der Waals surface area contributed by atoms with Crippen molar-refractivity contribution in [2.75, 3.05) is 5.32 Å². The van der Waals surface area contributed by atoms with Crippen LogP contribution in [-0.4, -0.2) is 36.7 Å². The van der Waals surface area contributed by atoms with Crippen LogP contribution in [0, 0.1) is 5.92 Å². The van der Waals surface area contributed by atoms with Gasteiger partial charge in [0.2, 0.25) is 5.91 Å². The van der Waals surface area contributed by atoms with Gasteiger partial charge in [-0.05, 0) is 37.8 Å². The van der Waals surface area contributed by atoms with Gasteiger partial charge in [0.1, 0.15) is 23.7 Å². The fraction of sp³-hybridized carbons (Fsp3) is 0.381. The number of hydrogen-bond acceptors (Lipinski definition) is 7. The molecule has 2 N–H and O–H groups in total. The summed E-state index contributed by atoms with van der Waals surface area (Å²) >= 11 is 1.40. The van der Waals surface area contributed by atoms with Crippen molar-refractivity contribution >= 4 is 28.3 Å². The SMILES string of the molecule is CC(=O)Nc1nc2c(s1)-c1c(c(-c3cccnc3)nn1[C@H]1CC[C@H](C(=O)O)CC1)OC2. The zero-order chi connectivity index (χ0) is 21.5. The molecule has 0 spiro atoms. The Morgan fingerprint density at radius 2 is 2.10 bits per heavy atom. The van der Waals surface area contributed by atoms with Crippen LogP contribution in [0.1, 0.15) is 44.3 Å². The molecular weight excluding hydrogens is 418 g/mol. The average Bonchev–Trinajstić information content (AvgIpc) is 3.34. The molecule has 1 fully saturated rings. The van der Waals surface area contributed by atoms with E-state index >= 15 is 0 Å². The van der Waals surface area contributed by atoms with E-state index in [4.69, 9.17) is 9.84 Å². The molecule has 0 saturated heterocycles. The molecule has 9 nitrogen and oxygen atoms in total. The first kappa shape index (κ1) is 19.7. The van der Waals surface area contributed by atoms with Crippen LogP contribution >= 0.6 is 11.3 Å². The lowest BCUT2D eigenvalue weighted by Crippen LogP contribution is -2.24. The van der Waals surface area contributed by atoms with Crippen LogP contribution in [0.2, 0.25) is 0 Å². The number of ether oxygens (including phenoxy) is 1. The molecule has 0 unspecified atom stereocenters. The number of carboxylic acids is 1. The second-order valence-corrected chi connectivity index (χ2v) is 8.82. The highest BCUT2D eigenvalue weighted by atomic mass is 32.1. The normalized spacial score (nSPS) is 19.8. The fourth-order valence-corrected chi connectivity index (χ4v) is 5.31. The lowest BCUT2D eigenvalue weighted by atomic mass is 9.86. The van der Waals surface area contributed by atoms with Crippen molar-refractivity contribution in [1.29, 1.82) is 0 Å². The summed E-state index contributed by atoms with van der Waals surface area (Å²) in [4.78, 5) is 32.6. The molecule has 1 amide bonds. The fourth-order valence-electron chi connectivity index (χ4n) is 4.27. The molecule has 0 radical (unpaired) electrons. The molecule has 2 aliphatic rings. The Kier molecular flexibility index (Phi) is 4.93. The van der Waals surface area contributed by atoms with Crippen molar-refractivity contribution in [2.45, 2.75) is 45.3 Å². The molecule has 1 aliphatic heterocycles. The van der Waals surface area contributed by atoms with Crippen molar-refractivity contribution in [3.8, 4) is 27.6 Å². The Morgan fingerprint density at radius 3 is 2.77 bits per heavy atom. The van der Waals surface area contributed by atoms with Gasteiger partial charge in [-0.25, -0.2) is 4.98 Å². The third-order valence-electron chi connectivity index (χ3n) is 5.74. The number of fused-ring (bicyclic) bond motifs is 3. The van der Waals surface area contributed by atoms with E-state index in [0.717, 1.165) is 34.7 Å². The number of aromatic nitrogens is 4. The highest BCUT2D eigenvalue weighted by Gasteiger charge is 2.35. The molecule has 1 aliphatic carbocycles. The van der Waals surface area contributed by atoms with Crippen LogP contribution < -0.4 is 10.1 Å². The number of rotatable bonds is 4. The number of pyridine rings is 1. The molecule has 0 bridgehead atoms. The molecule has 3 aromatic heterocycles. The van der Waals surface area contributed by atoms with E-state index in [1.165, 1.54) is 18.3 Å². The summed E-state index contributed by atoms with van der Waals surface area (Å²) in [5.74, 6) is -0.533. The van der Waals surface area contributed by atoms with Gasteiger partial charge >= 0.3 is 5.97 Å². The van der Waals surface area contributed by atoms with E-state index in [-0.39, 0.29) is 17.9 Å². The number of aliphatic carboxylic acids is 1. The first-order valence-corrected chi connectivity index (χ1v) is 11.0. The quantitative estimate of drug-likeness (QED) is 0.635. The van der Waals surface area contributed by atoms with Gasteiger partial charge in [-0.1, -0.05) is 11.3 Å². The minimum absolute atomic E-state index is 0.0654. The molecule has 10 heteroatoms. The molecule has 4 heterocycles. The number of amides is 1. The van der Waals surface area contributed by atoms with E-state index in [2.05, 4.69) is 15.3 Å². The summed E-state index contributed by atoms with van der Waals surface area (Å²) in [5.41, 5.74) is 3.17. The largest absolute Gasteiger partial charge is 0.483 e. The molecule has 1 saturated carbocycles. The van der Waals surface area contributed by atoms with E-state index in [9.17, 15) is 14.7 Å². The minimum atomic E-state index is -0.731. The van der Waals surface area contributed by atoms with Crippen molar-refractivity contribution in [3.63, 3.8) is 0 Å². The first-order chi connectivity index (χ1) is 15.0. The molecular formula is C21H21N5O4S. The summed E-state index contributed by atoms with van der Waals surface area (Å²) in [5, 5.41) is 17.6. The third-order valence-corrected chi connectivity index (χ3v) is 6.76. The van der Waals surface area contributed by atoms with Gasteiger partial charge < -0.3 is 15.2 Å². The van der Waals surface area contributed by atoms with Crippen molar-refractivity contribution < 1.29 is 19.4 Å². The van der Waals surface area contributed by atoms with Crippen LogP contribution in [0.15, 0.2) is 24.5 Å². The number of carbonyl (C=O) groups is 2. The van der Waals surface area contributed by atoms with Crippen molar-refractivity contribution in [3.05, 3.63) is 30.2 Å². The average molecular weight is 439 g/mol. The van der Waals surface area contributed by atoms with Gasteiger partial charge in [0.05, 0.1) is 16.8 Å². The number of hydrogen-bond donors (Lipinski definition) is 2. The maximum atomic E-state index is 11.5. The molecule has 160 valence electrons. The highest BCUT2D eigenvalue weighted by molar-refractivity contribution is 7.19. The van der Waals surface area contributed by atoms with Gasteiger partial charge in [-0.2, -0.15) is 5.10 Å². The standard InChI is InChI=1S/C21H21N5O4S/c1-11(27)23-21-24-15-10-30-18-16(13-3-2-8-22-9-13)25-26(17(18)19(15)31-21)14-6-4-12(5-7-14)20(28)29/h2-3,8-9,12,14H,4-7,10H2,1H3,(H,28,29)(H,23,24,27)/t12-,14-. The second-order valence-electron chi connectivity index (χ2n) is 7.82. The smallest absolute Gasteiger partial charge is 0.306 e.